The molecule has 0 aliphatic heterocycles. The largest absolute Gasteiger partial charge is 0.475 e. The van der Waals surface area contributed by atoms with Gasteiger partial charge in [0.05, 0.1) is 9.21 Å². The minimum atomic E-state index is -1.07. The van der Waals surface area contributed by atoms with Crippen LogP contribution in [0.2, 0.25) is 4.34 Å². The van der Waals surface area contributed by atoms with Gasteiger partial charge >= 0.3 is 5.97 Å². The van der Waals surface area contributed by atoms with Gasteiger partial charge in [0.25, 0.3) is 0 Å². The molecule has 0 bridgehead atoms. The molecule has 5 heteroatoms. The normalized spacial score (nSPS) is 10.4. The first kappa shape index (κ1) is 9.30. The first-order valence-corrected chi connectivity index (χ1v) is 4.95. The number of carboxylic acid groups (broad SMARTS) is 1. The standard InChI is InChI=1S/C9H5ClO3S/c10-8-4-3-7(14-8)5-1-2-6(13-5)9(11)12/h1-4H,(H,11,12). The van der Waals surface area contributed by atoms with E-state index in [0.29, 0.717) is 10.1 Å². The third-order valence-corrected chi connectivity index (χ3v) is 2.88. The van der Waals surface area contributed by atoms with Gasteiger partial charge in [0, 0.05) is 0 Å². The molecule has 0 unspecified atom stereocenters. The van der Waals surface area contributed by atoms with Gasteiger partial charge in [-0.2, -0.15) is 0 Å². The van der Waals surface area contributed by atoms with Crippen molar-refractivity contribution in [1.82, 2.24) is 0 Å². The lowest BCUT2D eigenvalue weighted by atomic mass is 10.3. The fraction of sp³-hybridized carbons (Fsp3) is 0. The van der Waals surface area contributed by atoms with Crippen molar-refractivity contribution in [2.24, 2.45) is 0 Å². The Labute approximate surface area is 88.5 Å². The summed E-state index contributed by atoms with van der Waals surface area (Å²) in [6.07, 6.45) is 0. The summed E-state index contributed by atoms with van der Waals surface area (Å²) in [5, 5.41) is 8.63. The zero-order valence-electron chi connectivity index (χ0n) is 6.86. The van der Waals surface area contributed by atoms with Crippen LogP contribution in [0.3, 0.4) is 0 Å². The summed E-state index contributed by atoms with van der Waals surface area (Å²) in [6.45, 7) is 0. The molecular formula is C9H5ClO3S. The summed E-state index contributed by atoms with van der Waals surface area (Å²) < 4.78 is 5.74. The highest BCUT2D eigenvalue weighted by Crippen LogP contribution is 2.31. The van der Waals surface area contributed by atoms with E-state index in [9.17, 15) is 4.79 Å². The van der Waals surface area contributed by atoms with Crippen molar-refractivity contribution in [2.75, 3.05) is 0 Å². The summed E-state index contributed by atoms with van der Waals surface area (Å²) in [5.74, 6) is -0.609. The van der Waals surface area contributed by atoms with Crippen molar-refractivity contribution in [3.05, 3.63) is 34.4 Å². The Balaban J connectivity index is 2.38. The molecule has 1 N–H and O–H groups in total. The number of thiophene rings is 1. The number of carbonyl (C=O) groups is 1. The van der Waals surface area contributed by atoms with E-state index < -0.39 is 5.97 Å². The van der Waals surface area contributed by atoms with Crippen molar-refractivity contribution >= 4 is 28.9 Å². The Morgan fingerprint density at radius 2 is 2.14 bits per heavy atom. The zero-order valence-corrected chi connectivity index (χ0v) is 8.43. The summed E-state index contributed by atoms with van der Waals surface area (Å²) in [5.41, 5.74) is 0. The molecule has 3 nitrogen and oxygen atoms in total. The number of halogens is 1. The van der Waals surface area contributed by atoms with Crippen LogP contribution in [0.4, 0.5) is 0 Å². The number of hydrogen-bond acceptors (Lipinski definition) is 3. The molecule has 2 heterocycles. The van der Waals surface area contributed by atoms with Gasteiger partial charge in [-0.1, -0.05) is 11.6 Å². The van der Waals surface area contributed by atoms with E-state index in [-0.39, 0.29) is 5.76 Å². The number of aromatic carboxylic acids is 1. The highest BCUT2D eigenvalue weighted by atomic mass is 35.5. The van der Waals surface area contributed by atoms with Crippen molar-refractivity contribution < 1.29 is 14.3 Å². The molecule has 0 spiro atoms. The average Bonchev–Trinajstić information content (AvgIpc) is 2.70. The Morgan fingerprint density at radius 1 is 1.36 bits per heavy atom. The van der Waals surface area contributed by atoms with Crippen LogP contribution in [0.1, 0.15) is 10.6 Å². The second-order valence-electron chi connectivity index (χ2n) is 2.57. The molecule has 0 radical (unpaired) electrons. The predicted molar refractivity (Wildman–Crippen MR) is 54.0 cm³/mol. The minimum Gasteiger partial charge on any atom is -0.475 e. The topological polar surface area (TPSA) is 50.4 Å². The number of furan rings is 1. The van der Waals surface area contributed by atoms with E-state index in [1.807, 2.05) is 0 Å². The van der Waals surface area contributed by atoms with Gasteiger partial charge in [-0.25, -0.2) is 4.79 Å². The summed E-state index contributed by atoms with van der Waals surface area (Å²) >= 11 is 7.08. The molecule has 0 amide bonds. The molecular weight excluding hydrogens is 224 g/mol. The van der Waals surface area contributed by atoms with E-state index >= 15 is 0 Å². The molecule has 2 aromatic heterocycles. The maximum Gasteiger partial charge on any atom is 0.371 e. The lowest BCUT2D eigenvalue weighted by Crippen LogP contribution is -1.91. The van der Waals surface area contributed by atoms with E-state index in [4.69, 9.17) is 21.1 Å². The third kappa shape index (κ3) is 1.66. The van der Waals surface area contributed by atoms with Gasteiger partial charge < -0.3 is 9.52 Å². The van der Waals surface area contributed by atoms with E-state index in [0.717, 1.165) is 4.88 Å². The Hall–Kier alpha value is -1.26. The van der Waals surface area contributed by atoms with Gasteiger partial charge in [0.15, 0.2) is 0 Å². The van der Waals surface area contributed by atoms with Crippen LogP contribution >= 0.6 is 22.9 Å². The zero-order chi connectivity index (χ0) is 10.1. The van der Waals surface area contributed by atoms with Gasteiger partial charge in [0.1, 0.15) is 5.76 Å². The molecule has 0 aliphatic rings. The van der Waals surface area contributed by atoms with Crippen LogP contribution in [-0.2, 0) is 0 Å². The number of hydrogen-bond donors (Lipinski definition) is 1. The van der Waals surface area contributed by atoms with E-state index in [2.05, 4.69) is 0 Å². The Kier molecular flexibility index (Phi) is 2.31. The van der Waals surface area contributed by atoms with Crippen molar-refractivity contribution in [3.63, 3.8) is 0 Å². The number of rotatable bonds is 2. The predicted octanol–water partition coefficient (Wildman–Crippen LogP) is 3.36. The van der Waals surface area contributed by atoms with Crippen LogP contribution in [-0.4, -0.2) is 11.1 Å². The second kappa shape index (κ2) is 3.48. The molecule has 0 aromatic carbocycles. The smallest absolute Gasteiger partial charge is 0.371 e. The van der Waals surface area contributed by atoms with E-state index in [1.54, 1.807) is 18.2 Å². The highest BCUT2D eigenvalue weighted by Gasteiger charge is 2.11. The molecule has 14 heavy (non-hydrogen) atoms. The lowest BCUT2D eigenvalue weighted by molar-refractivity contribution is 0.0663. The van der Waals surface area contributed by atoms with Crippen LogP contribution in [0.5, 0.6) is 0 Å². The first-order valence-electron chi connectivity index (χ1n) is 3.75. The molecule has 2 rings (SSSR count). The van der Waals surface area contributed by atoms with Crippen LogP contribution in [0.25, 0.3) is 10.6 Å². The monoisotopic (exact) mass is 228 g/mol. The van der Waals surface area contributed by atoms with Gasteiger partial charge in [0.2, 0.25) is 5.76 Å². The van der Waals surface area contributed by atoms with Crippen molar-refractivity contribution in [3.8, 4) is 10.6 Å². The molecule has 0 saturated carbocycles. The molecule has 2 aromatic rings. The third-order valence-electron chi connectivity index (χ3n) is 1.63. The van der Waals surface area contributed by atoms with Gasteiger partial charge in [-0.15, -0.1) is 11.3 Å². The molecule has 0 atom stereocenters. The molecule has 72 valence electrons. The van der Waals surface area contributed by atoms with Gasteiger partial charge in [-0.3, -0.25) is 0 Å². The van der Waals surface area contributed by atoms with Crippen molar-refractivity contribution in [1.29, 1.82) is 0 Å². The summed E-state index contributed by atoms with van der Waals surface area (Å²) in [6, 6.07) is 6.57. The fourth-order valence-corrected chi connectivity index (χ4v) is 2.04. The fourth-order valence-electron chi connectivity index (χ4n) is 1.03. The molecule has 0 saturated heterocycles. The maximum atomic E-state index is 10.5. The minimum absolute atomic E-state index is 0.0653. The van der Waals surface area contributed by atoms with E-state index in [1.165, 1.54) is 17.4 Å². The molecule has 0 aliphatic carbocycles. The Bertz CT molecular complexity index is 472. The molecule has 0 fully saturated rings. The Morgan fingerprint density at radius 3 is 2.64 bits per heavy atom. The van der Waals surface area contributed by atoms with Crippen LogP contribution in [0.15, 0.2) is 28.7 Å². The summed E-state index contributed by atoms with van der Waals surface area (Å²) in [7, 11) is 0. The quantitative estimate of drug-likeness (QED) is 0.858. The average molecular weight is 229 g/mol. The van der Waals surface area contributed by atoms with Crippen molar-refractivity contribution in [2.45, 2.75) is 0 Å². The number of carboxylic acids is 1. The summed E-state index contributed by atoms with van der Waals surface area (Å²) in [4.78, 5) is 11.4. The highest BCUT2D eigenvalue weighted by molar-refractivity contribution is 7.19. The van der Waals surface area contributed by atoms with Crippen LogP contribution < -0.4 is 0 Å². The maximum absolute atomic E-state index is 10.5. The second-order valence-corrected chi connectivity index (χ2v) is 4.29. The lowest BCUT2D eigenvalue weighted by Gasteiger charge is -1.88. The van der Waals surface area contributed by atoms with Crippen LogP contribution in [0, 0.1) is 0 Å². The van der Waals surface area contributed by atoms with Gasteiger partial charge in [-0.05, 0) is 24.3 Å². The first-order chi connectivity index (χ1) is 6.66. The SMILES string of the molecule is O=C(O)c1ccc(-c2ccc(Cl)s2)o1.